The second-order valence-electron chi connectivity index (χ2n) is 6.53. The van der Waals surface area contributed by atoms with Crippen LogP contribution < -0.4 is 19.1 Å². The van der Waals surface area contributed by atoms with Gasteiger partial charge in [0, 0.05) is 25.7 Å². The monoisotopic (exact) mass is 370 g/mol. The SMILES string of the molecule is COc1cccc(CN2CCN(c3ccc(OC)cc3OC)C(=O)C2C)c1. The summed E-state index contributed by atoms with van der Waals surface area (Å²) in [6.45, 7) is 4.04. The number of rotatable bonds is 6. The number of carbonyl (C=O) groups is 1. The Balaban J connectivity index is 1.76. The van der Waals surface area contributed by atoms with Crippen molar-refractivity contribution in [1.29, 1.82) is 0 Å². The zero-order valence-electron chi connectivity index (χ0n) is 16.3. The van der Waals surface area contributed by atoms with Crippen molar-refractivity contribution < 1.29 is 19.0 Å². The predicted molar refractivity (Wildman–Crippen MR) is 105 cm³/mol. The number of carbonyl (C=O) groups excluding carboxylic acids is 1. The molecule has 0 N–H and O–H groups in total. The normalized spacial score (nSPS) is 17.7. The lowest BCUT2D eigenvalue weighted by atomic mass is 10.1. The van der Waals surface area contributed by atoms with Crippen LogP contribution in [0.4, 0.5) is 5.69 Å². The molecule has 1 saturated heterocycles. The lowest BCUT2D eigenvalue weighted by Gasteiger charge is -2.39. The van der Waals surface area contributed by atoms with Crippen LogP contribution in [-0.4, -0.2) is 51.3 Å². The topological polar surface area (TPSA) is 51.2 Å². The molecule has 0 bridgehead atoms. The zero-order valence-corrected chi connectivity index (χ0v) is 16.3. The lowest BCUT2D eigenvalue weighted by molar-refractivity contribution is -0.125. The molecule has 1 atom stereocenters. The van der Waals surface area contributed by atoms with Crippen LogP contribution in [0.15, 0.2) is 42.5 Å². The molecule has 1 aliphatic heterocycles. The van der Waals surface area contributed by atoms with Gasteiger partial charge in [-0.15, -0.1) is 0 Å². The Morgan fingerprint density at radius 3 is 2.41 bits per heavy atom. The van der Waals surface area contributed by atoms with Gasteiger partial charge in [0.15, 0.2) is 0 Å². The standard InChI is InChI=1S/C21H26N2O4/c1-15-21(24)23(19-9-8-18(26-3)13-20(19)27-4)11-10-22(15)14-16-6-5-7-17(12-16)25-2/h5-9,12-13,15H,10-11,14H2,1-4H3. The molecule has 6 nitrogen and oxygen atoms in total. The third-order valence-corrected chi connectivity index (χ3v) is 4.98. The van der Waals surface area contributed by atoms with Crippen molar-refractivity contribution in [3.05, 3.63) is 48.0 Å². The number of benzene rings is 2. The average Bonchev–Trinajstić information content (AvgIpc) is 2.71. The molecule has 6 heteroatoms. The van der Waals surface area contributed by atoms with E-state index in [0.29, 0.717) is 24.6 Å². The summed E-state index contributed by atoms with van der Waals surface area (Å²) in [6, 6.07) is 13.3. The first-order valence-electron chi connectivity index (χ1n) is 8.97. The third-order valence-electron chi connectivity index (χ3n) is 4.98. The van der Waals surface area contributed by atoms with Crippen molar-refractivity contribution in [2.45, 2.75) is 19.5 Å². The van der Waals surface area contributed by atoms with Crippen LogP contribution in [0.5, 0.6) is 17.2 Å². The Morgan fingerprint density at radius 2 is 1.70 bits per heavy atom. The molecule has 1 aliphatic rings. The number of hydrogen-bond donors (Lipinski definition) is 0. The molecule has 0 spiro atoms. The zero-order chi connectivity index (χ0) is 19.4. The molecule has 144 valence electrons. The first kappa shape index (κ1) is 19.0. The van der Waals surface area contributed by atoms with Gasteiger partial charge in [-0.05, 0) is 36.8 Å². The van der Waals surface area contributed by atoms with Gasteiger partial charge in [0.2, 0.25) is 5.91 Å². The summed E-state index contributed by atoms with van der Waals surface area (Å²) in [4.78, 5) is 17.0. The van der Waals surface area contributed by atoms with E-state index in [4.69, 9.17) is 14.2 Å². The Hall–Kier alpha value is -2.73. The highest BCUT2D eigenvalue weighted by Crippen LogP contribution is 2.34. The van der Waals surface area contributed by atoms with E-state index < -0.39 is 0 Å². The van der Waals surface area contributed by atoms with Crippen molar-refractivity contribution in [1.82, 2.24) is 4.90 Å². The van der Waals surface area contributed by atoms with E-state index in [1.165, 1.54) is 0 Å². The van der Waals surface area contributed by atoms with Gasteiger partial charge in [0.25, 0.3) is 0 Å². The minimum atomic E-state index is -0.225. The van der Waals surface area contributed by atoms with Gasteiger partial charge in [0.05, 0.1) is 33.1 Å². The van der Waals surface area contributed by atoms with E-state index in [1.807, 2.05) is 37.3 Å². The summed E-state index contributed by atoms with van der Waals surface area (Å²) in [5.41, 5.74) is 1.90. The highest BCUT2D eigenvalue weighted by atomic mass is 16.5. The lowest BCUT2D eigenvalue weighted by Crippen LogP contribution is -2.55. The molecule has 1 fully saturated rings. The van der Waals surface area contributed by atoms with Crippen LogP contribution in [0.1, 0.15) is 12.5 Å². The molecular formula is C21H26N2O4. The van der Waals surface area contributed by atoms with Gasteiger partial charge in [-0.3, -0.25) is 9.69 Å². The van der Waals surface area contributed by atoms with Crippen molar-refractivity contribution in [3.63, 3.8) is 0 Å². The molecule has 1 heterocycles. The number of hydrogen-bond acceptors (Lipinski definition) is 5. The molecule has 3 rings (SSSR count). The molecule has 0 radical (unpaired) electrons. The summed E-state index contributed by atoms with van der Waals surface area (Å²) in [5, 5.41) is 0. The molecule has 0 aromatic heterocycles. The molecule has 2 aromatic carbocycles. The van der Waals surface area contributed by atoms with Gasteiger partial charge < -0.3 is 19.1 Å². The van der Waals surface area contributed by atoms with E-state index in [-0.39, 0.29) is 11.9 Å². The van der Waals surface area contributed by atoms with Gasteiger partial charge in [-0.2, -0.15) is 0 Å². The maximum Gasteiger partial charge on any atom is 0.244 e. The highest BCUT2D eigenvalue weighted by molar-refractivity contribution is 5.99. The fourth-order valence-corrected chi connectivity index (χ4v) is 3.38. The molecule has 1 unspecified atom stereocenters. The predicted octanol–water partition coefficient (Wildman–Crippen LogP) is 2.95. The van der Waals surface area contributed by atoms with Crippen LogP contribution in [0, 0.1) is 0 Å². The fourth-order valence-electron chi connectivity index (χ4n) is 3.38. The van der Waals surface area contributed by atoms with Crippen molar-refractivity contribution in [2.24, 2.45) is 0 Å². The van der Waals surface area contributed by atoms with Crippen molar-refractivity contribution in [2.75, 3.05) is 39.3 Å². The van der Waals surface area contributed by atoms with Crippen LogP contribution in [-0.2, 0) is 11.3 Å². The van der Waals surface area contributed by atoms with Crippen LogP contribution in [0.2, 0.25) is 0 Å². The molecule has 0 aliphatic carbocycles. The van der Waals surface area contributed by atoms with E-state index in [0.717, 1.165) is 23.5 Å². The fraction of sp³-hybridized carbons (Fsp3) is 0.381. The summed E-state index contributed by atoms with van der Waals surface area (Å²) in [6.07, 6.45) is 0. The minimum Gasteiger partial charge on any atom is -0.497 e. The Bertz CT molecular complexity index is 809. The van der Waals surface area contributed by atoms with Crippen molar-refractivity contribution >= 4 is 11.6 Å². The quantitative estimate of drug-likeness (QED) is 0.783. The maximum absolute atomic E-state index is 13.0. The summed E-state index contributed by atoms with van der Waals surface area (Å²) >= 11 is 0. The number of anilines is 1. The Kier molecular flexibility index (Phi) is 5.86. The molecule has 0 saturated carbocycles. The van der Waals surface area contributed by atoms with Crippen LogP contribution in [0.3, 0.4) is 0 Å². The number of methoxy groups -OCH3 is 3. The van der Waals surface area contributed by atoms with Crippen LogP contribution in [0.25, 0.3) is 0 Å². The van der Waals surface area contributed by atoms with E-state index in [2.05, 4.69) is 11.0 Å². The maximum atomic E-state index is 13.0. The Labute approximate surface area is 160 Å². The second-order valence-corrected chi connectivity index (χ2v) is 6.53. The smallest absolute Gasteiger partial charge is 0.244 e. The number of nitrogens with zero attached hydrogens (tertiary/aromatic N) is 2. The van der Waals surface area contributed by atoms with E-state index in [1.54, 1.807) is 32.3 Å². The van der Waals surface area contributed by atoms with Gasteiger partial charge in [-0.25, -0.2) is 0 Å². The number of piperazine rings is 1. The van der Waals surface area contributed by atoms with Crippen molar-refractivity contribution in [3.8, 4) is 17.2 Å². The molecule has 1 amide bonds. The van der Waals surface area contributed by atoms with Gasteiger partial charge in [-0.1, -0.05) is 12.1 Å². The summed E-state index contributed by atoms with van der Waals surface area (Å²) in [7, 11) is 4.87. The first-order valence-corrected chi connectivity index (χ1v) is 8.97. The summed E-state index contributed by atoms with van der Waals surface area (Å²) < 4.78 is 16.0. The minimum absolute atomic E-state index is 0.0626. The van der Waals surface area contributed by atoms with Gasteiger partial charge in [0.1, 0.15) is 17.2 Å². The molecule has 27 heavy (non-hydrogen) atoms. The Morgan fingerprint density at radius 1 is 0.963 bits per heavy atom. The van der Waals surface area contributed by atoms with Gasteiger partial charge >= 0.3 is 0 Å². The van der Waals surface area contributed by atoms with E-state index in [9.17, 15) is 4.79 Å². The number of ether oxygens (including phenoxy) is 3. The van der Waals surface area contributed by atoms with E-state index >= 15 is 0 Å². The average molecular weight is 370 g/mol. The largest absolute Gasteiger partial charge is 0.497 e. The van der Waals surface area contributed by atoms with Crippen LogP contribution >= 0.6 is 0 Å². The highest BCUT2D eigenvalue weighted by Gasteiger charge is 2.33. The third kappa shape index (κ3) is 4.01. The first-order chi connectivity index (χ1) is 13.1. The summed E-state index contributed by atoms with van der Waals surface area (Å²) in [5.74, 6) is 2.23. The molecular weight excluding hydrogens is 344 g/mol. The second kappa shape index (κ2) is 8.31. The number of amides is 1. The molecule has 2 aromatic rings.